The molecule has 22 heavy (non-hydrogen) atoms. The Balaban J connectivity index is 1.70. The van der Waals surface area contributed by atoms with E-state index in [4.69, 9.17) is 9.47 Å². The van der Waals surface area contributed by atoms with Crippen molar-refractivity contribution in [2.24, 2.45) is 0 Å². The molecule has 0 aliphatic heterocycles. The third-order valence-electron chi connectivity index (χ3n) is 3.15. The van der Waals surface area contributed by atoms with Gasteiger partial charge in [-0.05, 0) is 36.2 Å². The summed E-state index contributed by atoms with van der Waals surface area (Å²) in [6.07, 6.45) is 0.930. The van der Waals surface area contributed by atoms with Crippen LogP contribution in [0.1, 0.15) is 5.56 Å². The number of benzene rings is 2. The first-order chi connectivity index (χ1) is 10.8. The molecule has 0 aromatic heterocycles. The second-order valence-corrected chi connectivity index (χ2v) is 6.80. The monoisotopic (exact) mass is 334 g/mol. The summed E-state index contributed by atoms with van der Waals surface area (Å²) in [5, 5.41) is 0.207. The van der Waals surface area contributed by atoms with E-state index < -0.39 is 0 Å². The Morgan fingerprint density at radius 2 is 1.77 bits per heavy atom. The number of thioether (sulfide) groups is 1. The minimum absolute atomic E-state index is 0.207. The Morgan fingerprint density at radius 1 is 1.05 bits per heavy atom. The molecule has 0 radical (unpaired) electrons. The number of methoxy groups -OCH3 is 1. The van der Waals surface area contributed by atoms with Gasteiger partial charge in [0.05, 0.1) is 6.61 Å². The van der Waals surface area contributed by atoms with Crippen LogP contribution in [0.2, 0.25) is 0 Å². The van der Waals surface area contributed by atoms with Gasteiger partial charge in [0.1, 0.15) is 12.4 Å². The Kier molecular flexibility index (Phi) is 7.71. The van der Waals surface area contributed by atoms with Crippen LogP contribution in [-0.4, -0.2) is 31.3 Å². The lowest BCUT2D eigenvalue weighted by molar-refractivity contribution is 0.202. The SMILES string of the molecule is COCCc1ccc(OCC(S)CSc2ccccc2)cc1. The van der Waals surface area contributed by atoms with Crippen molar-refractivity contribution in [3.8, 4) is 5.75 Å². The van der Waals surface area contributed by atoms with E-state index in [2.05, 4.69) is 49.0 Å². The van der Waals surface area contributed by atoms with E-state index in [1.54, 1.807) is 18.9 Å². The van der Waals surface area contributed by atoms with Crippen molar-refractivity contribution in [2.75, 3.05) is 26.1 Å². The maximum absolute atomic E-state index is 5.79. The summed E-state index contributed by atoms with van der Waals surface area (Å²) < 4.78 is 10.9. The number of rotatable bonds is 9. The lowest BCUT2D eigenvalue weighted by Crippen LogP contribution is -2.14. The fourth-order valence-electron chi connectivity index (χ4n) is 1.92. The van der Waals surface area contributed by atoms with Gasteiger partial charge in [-0.3, -0.25) is 0 Å². The number of hydrogen-bond acceptors (Lipinski definition) is 4. The van der Waals surface area contributed by atoms with Crippen molar-refractivity contribution in [1.82, 2.24) is 0 Å². The van der Waals surface area contributed by atoms with Crippen LogP contribution < -0.4 is 4.74 Å². The maximum Gasteiger partial charge on any atom is 0.119 e. The van der Waals surface area contributed by atoms with E-state index in [9.17, 15) is 0 Å². The van der Waals surface area contributed by atoms with Crippen molar-refractivity contribution in [3.63, 3.8) is 0 Å². The summed E-state index contributed by atoms with van der Waals surface area (Å²) in [6.45, 7) is 1.36. The molecule has 118 valence electrons. The van der Waals surface area contributed by atoms with Crippen LogP contribution in [0.15, 0.2) is 59.5 Å². The first-order valence-corrected chi connectivity index (χ1v) is 8.84. The second kappa shape index (κ2) is 9.82. The normalized spacial score (nSPS) is 12.1. The molecule has 1 atom stereocenters. The van der Waals surface area contributed by atoms with Crippen LogP contribution in [0, 0.1) is 0 Å². The molecule has 1 unspecified atom stereocenters. The van der Waals surface area contributed by atoms with Gasteiger partial charge in [-0.15, -0.1) is 11.8 Å². The van der Waals surface area contributed by atoms with Crippen molar-refractivity contribution in [2.45, 2.75) is 16.6 Å². The highest BCUT2D eigenvalue weighted by Gasteiger charge is 2.05. The number of hydrogen-bond donors (Lipinski definition) is 1. The quantitative estimate of drug-likeness (QED) is 0.543. The molecule has 4 heteroatoms. The third kappa shape index (κ3) is 6.34. The van der Waals surface area contributed by atoms with Crippen molar-refractivity contribution >= 4 is 24.4 Å². The lowest BCUT2D eigenvalue weighted by Gasteiger charge is -2.12. The number of thiol groups is 1. The Bertz CT molecular complexity index is 529. The molecule has 2 aromatic carbocycles. The van der Waals surface area contributed by atoms with Crippen molar-refractivity contribution < 1.29 is 9.47 Å². The van der Waals surface area contributed by atoms with Crippen LogP contribution in [0.4, 0.5) is 0 Å². The van der Waals surface area contributed by atoms with Crippen LogP contribution >= 0.6 is 24.4 Å². The topological polar surface area (TPSA) is 18.5 Å². The molecule has 0 heterocycles. The van der Waals surface area contributed by atoms with E-state index in [1.165, 1.54) is 10.5 Å². The molecule has 0 saturated carbocycles. The summed E-state index contributed by atoms with van der Waals surface area (Å²) >= 11 is 6.40. The van der Waals surface area contributed by atoms with Gasteiger partial charge in [0.15, 0.2) is 0 Å². The molecule has 2 rings (SSSR count). The average molecular weight is 335 g/mol. The molecule has 2 nitrogen and oxygen atoms in total. The molecular weight excluding hydrogens is 312 g/mol. The molecular formula is C18H22O2S2. The fourth-order valence-corrected chi connectivity index (χ4v) is 3.05. The standard InChI is InChI=1S/C18H22O2S2/c1-19-12-11-15-7-9-16(10-8-15)20-13-17(21)14-22-18-5-3-2-4-6-18/h2-10,17,21H,11-14H2,1H3. The van der Waals surface area contributed by atoms with Crippen LogP contribution in [0.5, 0.6) is 5.75 Å². The highest BCUT2D eigenvalue weighted by Crippen LogP contribution is 2.20. The second-order valence-electron chi connectivity index (χ2n) is 4.98. The highest BCUT2D eigenvalue weighted by atomic mass is 32.2. The zero-order chi connectivity index (χ0) is 15.6. The molecule has 0 spiro atoms. The van der Waals surface area contributed by atoms with Crippen LogP contribution in [-0.2, 0) is 11.2 Å². The molecule has 0 saturated heterocycles. The first-order valence-electron chi connectivity index (χ1n) is 7.34. The minimum Gasteiger partial charge on any atom is -0.492 e. The Morgan fingerprint density at radius 3 is 2.45 bits per heavy atom. The van der Waals surface area contributed by atoms with Gasteiger partial charge >= 0.3 is 0 Å². The van der Waals surface area contributed by atoms with E-state index in [1.807, 2.05) is 18.2 Å². The molecule has 0 N–H and O–H groups in total. The number of ether oxygens (including phenoxy) is 2. The zero-order valence-corrected chi connectivity index (χ0v) is 14.5. The van der Waals surface area contributed by atoms with Gasteiger partial charge in [-0.2, -0.15) is 12.6 Å². The molecule has 0 fully saturated rings. The molecule has 0 aliphatic rings. The highest BCUT2D eigenvalue weighted by molar-refractivity contribution is 8.00. The summed E-state index contributed by atoms with van der Waals surface area (Å²) in [4.78, 5) is 1.27. The molecule has 0 bridgehead atoms. The minimum atomic E-state index is 0.207. The van der Waals surface area contributed by atoms with Gasteiger partial charge in [0.25, 0.3) is 0 Å². The van der Waals surface area contributed by atoms with E-state index in [-0.39, 0.29) is 5.25 Å². The average Bonchev–Trinajstić information content (AvgIpc) is 2.58. The van der Waals surface area contributed by atoms with Gasteiger partial charge in [-0.25, -0.2) is 0 Å². The van der Waals surface area contributed by atoms with Gasteiger partial charge in [0.2, 0.25) is 0 Å². The maximum atomic E-state index is 5.79. The molecule has 2 aromatic rings. The Hall–Kier alpha value is -1.10. The Labute approximate surface area is 142 Å². The summed E-state index contributed by atoms with van der Waals surface area (Å²) in [7, 11) is 1.72. The van der Waals surface area contributed by atoms with E-state index >= 15 is 0 Å². The molecule has 0 aliphatic carbocycles. The van der Waals surface area contributed by atoms with Crippen molar-refractivity contribution in [1.29, 1.82) is 0 Å². The smallest absolute Gasteiger partial charge is 0.119 e. The summed E-state index contributed by atoms with van der Waals surface area (Å²) in [5.41, 5.74) is 1.26. The fraction of sp³-hybridized carbons (Fsp3) is 0.333. The third-order valence-corrected chi connectivity index (χ3v) is 4.90. The van der Waals surface area contributed by atoms with Gasteiger partial charge in [0, 0.05) is 23.0 Å². The largest absolute Gasteiger partial charge is 0.492 e. The van der Waals surface area contributed by atoms with Crippen molar-refractivity contribution in [3.05, 3.63) is 60.2 Å². The predicted molar refractivity (Wildman–Crippen MR) is 97.5 cm³/mol. The zero-order valence-electron chi connectivity index (χ0n) is 12.8. The predicted octanol–water partition coefficient (Wildman–Crippen LogP) is 4.35. The van der Waals surface area contributed by atoms with Gasteiger partial charge in [-0.1, -0.05) is 30.3 Å². The summed E-state index contributed by atoms with van der Waals surface area (Å²) in [5.74, 6) is 1.82. The summed E-state index contributed by atoms with van der Waals surface area (Å²) in [6, 6.07) is 18.6. The lowest BCUT2D eigenvalue weighted by atomic mass is 10.1. The first kappa shape index (κ1) is 17.3. The van der Waals surface area contributed by atoms with E-state index in [0.29, 0.717) is 6.61 Å². The van der Waals surface area contributed by atoms with Gasteiger partial charge < -0.3 is 9.47 Å². The van der Waals surface area contributed by atoms with Crippen LogP contribution in [0.3, 0.4) is 0 Å². The molecule has 0 amide bonds. The van der Waals surface area contributed by atoms with E-state index in [0.717, 1.165) is 24.5 Å². The van der Waals surface area contributed by atoms with Crippen LogP contribution in [0.25, 0.3) is 0 Å².